The zero-order chi connectivity index (χ0) is 36.9. The molecule has 0 bridgehead atoms. The van der Waals surface area contributed by atoms with Crippen LogP contribution in [0.4, 0.5) is 0 Å². The summed E-state index contributed by atoms with van der Waals surface area (Å²) in [5, 5.41) is 58.1. The lowest BCUT2D eigenvalue weighted by atomic mass is 9.91. The predicted molar refractivity (Wildman–Crippen MR) is 198 cm³/mol. The number of hydrogen-bond donors (Lipinski definition) is 4. The molecule has 0 spiro atoms. The van der Waals surface area contributed by atoms with Crippen molar-refractivity contribution in [1.82, 2.24) is 15.4 Å². The summed E-state index contributed by atoms with van der Waals surface area (Å²) in [6, 6.07) is 20.9. The van der Waals surface area contributed by atoms with Crippen LogP contribution in [0.25, 0.3) is 44.4 Å². The van der Waals surface area contributed by atoms with Crippen molar-refractivity contribution >= 4 is 10.8 Å². The highest BCUT2D eigenvalue weighted by molar-refractivity contribution is 6.04. The van der Waals surface area contributed by atoms with Crippen LogP contribution in [-0.2, 0) is 9.47 Å². The highest BCUT2D eigenvalue weighted by Crippen LogP contribution is 2.46. The molecule has 4 N–H and O–H groups in total. The van der Waals surface area contributed by atoms with Gasteiger partial charge in [-0.15, -0.1) is 10.2 Å². The van der Waals surface area contributed by atoms with Crippen LogP contribution in [-0.4, -0.2) is 94.8 Å². The number of aromatic hydroxyl groups is 2. The second kappa shape index (κ2) is 19.0. The first-order valence-corrected chi connectivity index (χ1v) is 17.6. The van der Waals surface area contributed by atoms with Crippen molar-refractivity contribution in [2.45, 2.75) is 51.7 Å². The Labute approximate surface area is 303 Å². The van der Waals surface area contributed by atoms with Gasteiger partial charge in [0.1, 0.15) is 65.6 Å². The molecule has 5 aromatic rings. The Kier molecular flexibility index (Phi) is 14.0. The molecule has 12 heteroatoms. The summed E-state index contributed by atoms with van der Waals surface area (Å²) in [5.41, 5.74) is 2.42. The lowest BCUT2D eigenvalue weighted by molar-refractivity contribution is 0.0113. The fourth-order valence-electron chi connectivity index (χ4n) is 5.64. The quantitative estimate of drug-likeness (QED) is 0.0643. The maximum Gasteiger partial charge on any atom is 0.128 e. The van der Waals surface area contributed by atoms with Gasteiger partial charge in [-0.3, -0.25) is 0 Å². The third kappa shape index (κ3) is 9.65. The number of phenols is 2. The Balaban J connectivity index is 1.51. The number of ether oxygens (including phenoxy) is 5. The van der Waals surface area contributed by atoms with Gasteiger partial charge in [-0.05, 0) is 59.8 Å². The van der Waals surface area contributed by atoms with E-state index >= 15 is 0 Å². The van der Waals surface area contributed by atoms with Gasteiger partial charge in [-0.1, -0.05) is 51.0 Å². The lowest BCUT2D eigenvalue weighted by Crippen LogP contribution is -2.23. The summed E-state index contributed by atoms with van der Waals surface area (Å²) in [5.74, 6) is 1.05. The topological polar surface area (TPSA) is 166 Å². The number of benzene rings is 4. The standard InChI is InChI=1S/C40H47N3O9/c1-4-6-18-49-22-26(44)24-51-28-12-14-33(35(46)20-28)38-39(32-16-17-37(48-3)31-11-9-8-10-30(31)32)41-43-42-40(38)34-15-13-29(21-36(34)47)52-25-27(45)23-50-19-7-5-2/h8-17,20-21,26-27,44-47H,4-7,18-19,22-25H2,1-3H3. The van der Waals surface area contributed by atoms with Crippen molar-refractivity contribution in [1.29, 1.82) is 0 Å². The second-order valence-electron chi connectivity index (χ2n) is 12.4. The first-order valence-electron chi connectivity index (χ1n) is 17.6. The zero-order valence-corrected chi connectivity index (χ0v) is 29.8. The lowest BCUT2D eigenvalue weighted by Gasteiger charge is -2.18. The van der Waals surface area contributed by atoms with Crippen LogP contribution < -0.4 is 14.2 Å². The van der Waals surface area contributed by atoms with E-state index in [9.17, 15) is 20.4 Å². The Bertz CT molecular complexity index is 1900. The van der Waals surface area contributed by atoms with Gasteiger partial charge >= 0.3 is 0 Å². The maximum atomic E-state index is 11.5. The molecule has 276 valence electrons. The van der Waals surface area contributed by atoms with Crippen molar-refractivity contribution in [2.75, 3.05) is 46.8 Å². The molecule has 0 saturated heterocycles. The van der Waals surface area contributed by atoms with Crippen LogP contribution in [0.15, 0.2) is 72.8 Å². The molecule has 0 amide bonds. The van der Waals surface area contributed by atoms with Gasteiger partial charge in [0.25, 0.3) is 0 Å². The Morgan fingerprint density at radius 1 is 0.615 bits per heavy atom. The second-order valence-corrected chi connectivity index (χ2v) is 12.4. The minimum Gasteiger partial charge on any atom is -0.507 e. The normalized spacial score (nSPS) is 12.5. The van der Waals surface area contributed by atoms with Gasteiger partial charge < -0.3 is 44.1 Å². The van der Waals surface area contributed by atoms with E-state index < -0.39 is 12.2 Å². The van der Waals surface area contributed by atoms with Crippen LogP contribution in [0, 0.1) is 0 Å². The molecule has 4 aromatic carbocycles. The van der Waals surface area contributed by atoms with Gasteiger partial charge in [0.15, 0.2) is 0 Å². The van der Waals surface area contributed by atoms with Gasteiger partial charge in [0, 0.05) is 53.0 Å². The fraction of sp³-hybridized carbons (Fsp3) is 0.375. The maximum absolute atomic E-state index is 11.5. The van der Waals surface area contributed by atoms with Crippen molar-refractivity contribution in [3.05, 3.63) is 72.8 Å². The highest BCUT2D eigenvalue weighted by atomic mass is 16.5. The molecule has 0 aliphatic carbocycles. The van der Waals surface area contributed by atoms with E-state index in [1.807, 2.05) is 36.4 Å². The van der Waals surface area contributed by atoms with Gasteiger partial charge in [-0.2, -0.15) is 0 Å². The highest BCUT2D eigenvalue weighted by Gasteiger charge is 2.24. The Morgan fingerprint density at radius 3 is 1.67 bits per heavy atom. The van der Waals surface area contributed by atoms with Gasteiger partial charge in [-0.25, -0.2) is 0 Å². The average Bonchev–Trinajstić information content (AvgIpc) is 3.16. The van der Waals surface area contributed by atoms with E-state index in [0.717, 1.165) is 36.5 Å². The first-order chi connectivity index (χ1) is 25.3. The summed E-state index contributed by atoms with van der Waals surface area (Å²) in [7, 11) is 1.61. The Morgan fingerprint density at radius 2 is 1.13 bits per heavy atom. The van der Waals surface area contributed by atoms with E-state index in [-0.39, 0.29) is 43.6 Å². The number of methoxy groups -OCH3 is 1. The molecule has 0 fully saturated rings. The summed E-state index contributed by atoms with van der Waals surface area (Å²) in [6.45, 7) is 5.50. The van der Waals surface area contributed by atoms with Crippen LogP contribution in [0.5, 0.6) is 28.7 Å². The third-order valence-electron chi connectivity index (χ3n) is 8.37. The molecular weight excluding hydrogens is 666 g/mol. The monoisotopic (exact) mass is 713 g/mol. The van der Waals surface area contributed by atoms with E-state index in [1.165, 1.54) is 12.1 Å². The van der Waals surface area contributed by atoms with Crippen LogP contribution in [0.3, 0.4) is 0 Å². The predicted octanol–water partition coefficient (Wildman–Crippen LogP) is 6.56. The SMILES string of the molecule is CCCCOCC(O)COc1ccc(-c2nnnc(-c3ccc(OC)c4ccccc34)c2-c2ccc(OCC(O)COCCCC)cc2O)c(O)c1. The zero-order valence-electron chi connectivity index (χ0n) is 29.8. The largest absolute Gasteiger partial charge is 0.507 e. The number of aromatic nitrogens is 3. The molecule has 2 atom stereocenters. The van der Waals surface area contributed by atoms with E-state index in [1.54, 1.807) is 31.4 Å². The van der Waals surface area contributed by atoms with E-state index in [2.05, 4.69) is 29.3 Å². The fourth-order valence-corrected chi connectivity index (χ4v) is 5.64. The number of rotatable bonds is 20. The summed E-state index contributed by atoms with van der Waals surface area (Å²) >= 11 is 0. The molecule has 2 unspecified atom stereocenters. The number of fused-ring (bicyclic) bond motifs is 1. The number of aliphatic hydroxyl groups is 2. The third-order valence-corrected chi connectivity index (χ3v) is 8.37. The van der Waals surface area contributed by atoms with Crippen molar-refractivity contribution in [3.63, 3.8) is 0 Å². The molecule has 1 aromatic heterocycles. The molecule has 5 rings (SSSR count). The van der Waals surface area contributed by atoms with Crippen molar-refractivity contribution in [3.8, 4) is 62.4 Å². The number of aliphatic hydroxyl groups excluding tert-OH is 2. The molecule has 52 heavy (non-hydrogen) atoms. The number of unbranched alkanes of at least 4 members (excludes halogenated alkanes) is 2. The minimum absolute atomic E-state index is 0.0227. The van der Waals surface area contributed by atoms with Gasteiger partial charge in [0.05, 0.1) is 20.3 Å². The summed E-state index contributed by atoms with van der Waals surface area (Å²) in [6.07, 6.45) is 2.14. The van der Waals surface area contributed by atoms with Crippen molar-refractivity contribution in [2.24, 2.45) is 0 Å². The van der Waals surface area contributed by atoms with Gasteiger partial charge in [0.2, 0.25) is 0 Å². The summed E-state index contributed by atoms with van der Waals surface area (Å²) in [4.78, 5) is 0. The molecule has 0 aliphatic heterocycles. The first kappa shape index (κ1) is 38.2. The van der Waals surface area contributed by atoms with Crippen LogP contribution >= 0.6 is 0 Å². The Hall–Kier alpha value is -5.01. The minimum atomic E-state index is -0.842. The average molecular weight is 714 g/mol. The molecule has 0 saturated carbocycles. The molecule has 0 aliphatic rings. The molecule has 0 radical (unpaired) electrons. The molecular formula is C40H47N3O9. The van der Waals surface area contributed by atoms with E-state index in [0.29, 0.717) is 58.4 Å². The smallest absolute Gasteiger partial charge is 0.128 e. The van der Waals surface area contributed by atoms with E-state index in [4.69, 9.17) is 23.7 Å². The number of phenolic OH excluding ortho intramolecular Hbond substituents is 2. The molecule has 12 nitrogen and oxygen atoms in total. The van der Waals surface area contributed by atoms with Crippen LogP contribution in [0.1, 0.15) is 39.5 Å². The number of hydrogen-bond acceptors (Lipinski definition) is 12. The number of nitrogens with zero attached hydrogens (tertiary/aromatic N) is 3. The molecule has 1 heterocycles. The van der Waals surface area contributed by atoms with Crippen molar-refractivity contribution < 1.29 is 44.1 Å². The van der Waals surface area contributed by atoms with Crippen LogP contribution in [0.2, 0.25) is 0 Å². The summed E-state index contributed by atoms with van der Waals surface area (Å²) < 4.78 is 28.1.